The van der Waals surface area contributed by atoms with Gasteiger partial charge in [0.15, 0.2) is 0 Å². The first-order valence-electron chi connectivity index (χ1n) is 9.02. The number of nitro groups is 1. The smallest absolute Gasteiger partial charge is 0.270 e. The van der Waals surface area contributed by atoms with Gasteiger partial charge in [-0.3, -0.25) is 10.1 Å². The average Bonchev–Trinajstić information content (AvgIpc) is 3.52. The molecule has 3 fully saturated rings. The summed E-state index contributed by atoms with van der Waals surface area (Å²) in [5.74, 6) is 1.20. The molecule has 0 radical (unpaired) electrons. The van der Waals surface area contributed by atoms with Gasteiger partial charge in [0.25, 0.3) is 5.69 Å². The highest BCUT2D eigenvalue weighted by atomic mass is 32.2. The SMILES string of the molecule is O=[N+]([O-])c1ccc(NC(C2CC2)C2CC2)c(S(=O)(=O)N2CCCC2)c1. The van der Waals surface area contributed by atoms with E-state index in [0.29, 0.717) is 30.6 Å². The van der Waals surface area contributed by atoms with Gasteiger partial charge in [-0.25, -0.2) is 8.42 Å². The molecular formula is C17H23N3O4S. The molecule has 1 saturated heterocycles. The molecule has 0 spiro atoms. The maximum Gasteiger partial charge on any atom is 0.270 e. The lowest BCUT2D eigenvalue weighted by atomic mass is 10.1. The number of hydrogen-bond donors (Lipinski definition) is 1. The predicted octanol–water partition coefficient (Wildman–Crippen LogP) is 2.98. The molecule has 1 heterocycles. The zero-order valence-electron chi connectivity index (χ0n) is 14.1. The predicted molar refractivity (Wildman–Crippen MR) is 93.9 cm³/mol. The van der Waals surface area contributed by atoms with Gasteiger partial charge < -0.3 is 5.32 Å². The van der Waals surface area contributed by atoms with Crippen molar-refractivity contribution in [3.8, 4) is 0 Å². The van der Waals surface area contributed by atoms with Gasteiger partial charge in [-0.2, -0.15) is 4.31 Å². The molecule has 7 nitrogen and oxygen atoms in total. The first-order chi connectivity index (χ1) is 12.0. The highest BCUT2D eigenvalue weighted by molar-refractivity contribution is 7.89. The zero-order valence-corrected chi connectivity index (χ0v) is 14.9. The number of rotatable bonds is 7. The maximum atomic E-state index is 13.0. The van der Waals surface area contributed by atoms with Crippen LogP contribution in [0.15, 0.2) is 23.1 Å². The summed E-state index contributed by atoms with van der Waals surface area (Å²) >= 11 is 0. The molecule has 0 unspecified atom stereocenters. The first kappa shape index (κ1) is 16.8. The van der Waals surface area contributed by atoms with Crippen molar-refractivity contribution in [3.63, 3.8) is 0 Å². The van der Waals surface area contributed by atoms with E-state index in [9.17, 15) is 18.5 Å². The van der Waals surface area contributed by atoms with Gasteiger partial charge >= 0.3 is 0 Å². The normalized spacial score (nSPS) is 21.6. The third-order valence-corrected chi connectivity index (χ3v) is 7.38. The van der Waals surface area contributed by atoms with Crippen LogP contribution in [0, 0.1) is 22.0 Å². The van der Waals surface area contributed by atoms with Crippen molar-refractivity contribution in [1.82, 2.24) is 4.31 Å². The molecular weight excluding hydrogens is 342 g/mol. The van der Waals surface area contributed by atoms with Crippen molar-refractivity contribution >= 4 is 21.4 Å². The molecule has 2 aliphatic carbocycles. The average molecular weight is 365 g/mol. The maximum absolute atomic E-state index is 13.0. The minimum absolute atomic E-state index is 0.0508. The van der Waals surface area contributed by atoms with E-state index < -0.39 is 14.9 Å². The standard InChI is InChI=1S/C17H23N3O4S/c21-20(22)14-7-8-15(18-17(12-3-4-12)13-5-6-13)16(11-14)25(23,24)19-9-1-2-10-19/h7-8,11-13,17-18H,1-6,9-10H2. The van der Waals surface area contributed by atoms with Crippen molar-refractivity contribution in [1.29, 1.82) is 0 Å². The number of sulfonamides is 1. The summed E-state index contributed by atoms with van der Waals surface area (Å²) < 4.78 is 27.5. The van der Waals surface area contributed by atoms with Crippen LogP contribution in [-0.4, -0.2) is 36.8 Å². The lowest BCUT2D eigenvalue weighted by Crippen LogP contribution is -2.30. The van der Waals surface area contributed by atoms with E-state index in [2.05, 4.69) is 5.32 Å². The largest absolute Gasteiger partial charge is 0.381 e. The fraction of sp³-hybridized carbons (Fsp3) is 0.647. The van der Waals surface area contributed by atoms with Crippen molar-refractivity contribution in [3.05, 3.63) is 28.3 Å². The Bertz CT molecular complexity index is 769. The van der Waals surface area contributed by atoms with Crippen LogP contribution in [0.2, 0.25) is 0 Å². The first-order valence-corrected chi connectivity index (χ1v) is 10.5. The van der Waals surface area contributed by atoms with Gasteiger partial charge in [0.2, 0.25) is 10.0 Å². The molecule has 1 aromatic carbocycles. The Labute approximate surface area is 147 Å². The van der Waals surface area contributed by atoms with Gasteiger partial charge in [-0.1, -0.05) is 0 Å². The molecule has 0 amide bonds. The van der Waals surface area contributed by atoms with Crippen molar-refractivity contribution in [2.75, 3.05) is 18.4 Å². The second kappa shape index (κ2) is 6.25. The molecule has 1 N–H and O–H groups in total. The minimum atomic E-state index is -3.72. The van der Waals surface area contributed by atoms with Crippen LogP contribution in [0.4, 0.5) is 11.4 Å². The monoisotopic (exact) mass is 365 g/mol. The number of hydrogen-bond acceptors (Lipinski definition) is 5. The Balaban J connectivity index is 1.71. The number of anilines is 1. The van der Waals surface area contributed by atoms with Crippen molar-refractivity contribution in [2.45, 2.75) is 49.5 Å². The number of nitro benzene ring substituents is 1. The van der Waals surface area contributed by atoms with E-state index in [4.69, 9.17) is 0 Å². The quantitative estimate of drug-likeness (QED) is 0.592. The number of non-ortho nitro benzene ring substituents is 1. The van der Waals surface area contributed by atoms with Gasteiger partial charge in [0, 0.05) is 31.3 Å². The summed E-state index contributed by atoms with van der Waals surface area (Å²) in [5.41, 5.74) is 0.332. The van der Waals surface area contributed by atoms with E-state index in [1.807, 2.05) is 0 Å². The second-order valence-electron chi connectivity index (χ2n) is 7.39. The van der Waals surface area contributed by atoms with Gasteiger partial charge in [-0.15, -0.1) is 0 Å². The van der Waals surface area contributed by atoms with Crippen LogP contribution in [0.1, 0.15) is 38.5 Å². The molecule has 4 rings (SSSR count). The molecule has 136 valence electrons. The lowest BCUT2D eigenvalue weighted by Gasteiger charge is -2.23. The summed E-state index contributed by atoms with van der Waals surface area (Å²) in [6.07, 6.45) is 6.38. The number of nitrogens with one attached hydrogen (secondary N) is 1. The van der Waals surface area contributed by atoms with Crippen LogP contribution >= 0.6 is 0 Å². The fourth-order valence-corrected chi connectivity index (χ4v) is 5.43. The summed E-state index contributed by atoms with van der Waals surface area (Å²) in [4.78, 5) is 10.7. The Morgan fingerprint density at radius 1 is 1.12 bits per heavy atom. The van der Waals surface area contributed by atoms with E-state index in [1.165, 1.54) is 42.1 Å². The topological polar surface area (TPSA) is 92.5 Å². The van der Waals surface area contributed by atoms with Crippen LogP contribution in [-0.2, 0) is 10.0 Å². The Hall–Kier alpha value is -1.67. The van der Waals surface area contributed by atoms with E-state index in [-0.39, 0.29) is 16.6 Å². The highest BCUT2D eigenvalue weighted by Gasteiger charge is 2.42. The number of benzene rings is 1. The summed E-state index contributed by atoms with van der Waals surface area (Å²) in [6.45, 7) is 0.971. The highest BCUT2D eigenvalue weighted by Crippen LogP contribution is 2.46. The Morgan fingerprint density at radius 2 is 1.72 bits per heavy atom. The van der Waals surface area contributed by atoms with Gasteiger partial charge in [-0.05, 0) is 56.4 Å². The molecule has 8 heteroatoms. The van der Waals surface area contributed by atoms with Gasteiger partial charge in [0.1, 0.15) is 4.90 Å². The molecule has 0 aromatic heterocycles. The summed E-state index contributed by atoms with van der Waals surface area (Å²) in [7, 11) is -3.72. The summed E-state index contributed by atoms with van der Waals surface area (Å²) in [6, 6.07) is 4.46. The molecule has 1 aliphatic heterocycles. The molecule has 0 bridgehead atoms. The molecule has 0 atom stereocenters. The van der Waals surface area contributed by atoms with E-state index in [1.54, 1.807) is 6.07 Å². The third kappa shape index (κ3) is 3.37. The Kier molecular flexibility index (Phi) is 4.19. The van der Waals surface area contributed by atoms with Crippen LogP contribution in [0.25, 0.3) is 0 Å². The van der Waals surface area contributed by atoms with Crippen LogP contribution in [0.5, 0.6) is 0 Å². The second-order valence-corrected chi connectivity index (χ2v) is 9.30. The van der Waals surface area contributed by atoms with Crippen molar-refractivity contribution in [2.24, 2.45) is 11.8 Å². The van der Waals surface area contributed by atoms with E-state index >= 15 is 0 Å². The Morgan fingerprint density at radius 3 is 2.24 bits per heavy atom. The lowest BCUT2D eigenvalue weighted by molar-refractivity contribution is -0.385. The minimum Gasteiger partial charge on any atom is -0.381 e. The molecule has 3 aliphatic rings. The van der Waals surface area contributed by atoms with Crippen molar-refractivity contribution < 1.29 is 13.3 Å². The van der Waals surface area contributed by atoms with Gasteiger partial charge in [0.05, 0.1) is 10.6 Å². The number of nitrogens with zero attached hydrogens (tertiary/aromatic N) is 2. The molecule has 1 aromatic rings. The molecule has 25 heavy (non-hydrogen) atoms. The fourth-order valence-electron chi connectivity index (χ4n) is 3.74. The van der Waals surface area contributed by atoms with E-state index in [0.717, 1.165) is 12.8 Å². The zero-order chi connectivity index (χ0) is 17.6. The van der Waals surface area contributed by atoms with Crippen LogP contribution in [0.3, 0.4) is 0 Å². The molecule has 2 saturated carbocycles. The van der Waals surface area contributed by atoms with Crippen LogP contribution < -0.4 is 5.32 Å². The summed E-state index contributed by atoms with van der Waals surface area (Å²) in [5, 5.41) is 14.6. The third-order valence-electron chi connectivity index (χ3n) is 5.44.